The molecule has 1 aliphatic carbocycles. The maximum Gasteiger partial charge on any atom is 0.0830 e. The van der Waals surface area contributed by atoms with Crippen LogP contribution in [0.25, 0.3) is 94.0 Å². The van der Waals surface area contributed by atoms with Crippen LogP contribution in [-0.4, -0.2) is 7.11 Å². The molecule has 0 N–H and O–H groups in total. The second-order valence-corrected chi connectivity index (χ2v) is 13.5. The number of rotatable bonds is 5. The first-order valence-electron chi connectivity index (χ1n) is 16.0. The van der Waals surface area contributed by atoms with Crippen molar-refractivity contribution in [3.63, 3.8) is 0 Å². The summed E-state index contributed by atoms with van der Waals surface area (Å²) in [5, 5.41) is 8.23. The number of ether oxygens (including phenoxy) is 1. The molecule has 0 atom stereocenters. The topological polar surface area (TPSA) is 9.23 Å². The lowest BCUT2D eigenvalue weighted by Crippen LogP contribution is -1.95. The molecule has 0 heterocycles. The van der Waals surface area contributed by atoms with E-state index in [0.717, 1.165) is 21.2 Å². The van der Waals surface area contributed by atoms with Gasteiger partial charge in [0.05, 0.1) is 18.4 Å². The molecular weight excluding hydrogens is 672 g/mol. The predicted molar refractivity (Wildman–Crippen MR) is 208 cm³/mol. The fourth-order valence-corrected chi connectivity index (χ4v) is 8.18. The van der Waals surface area contributed by atoms with E-state index in [1.54, 1.807) is 13.4 Å². The quantitative estimate of drug-likeness (QED) is 0.128. The van der Waals surface area contributed by atoms with Crippen molar-refractivity contribution in [2.45, 2.75) is 0 Å². The Hall–Kier alpha value is -5.15. The Morgan fingerprint density at radius 2 is 1.19 bits per heavy atom. The monoisotopic (exact) mass is 698 g/mol. The minimum Gasteiger partial charge on any atom is -0.504 e. The summed E-state index contributed by atoms with van der Waals surface area (Å²) in [6.45, 7) is 0. The molecule has 0 radical (unpaired) electrons. The van der Waals surface area contributed by atoms with E-state index in [4.69, 9.17) is 16.3 Å². The van der Waals surface area contributed by atoms with Gasteiger partial charge in [0.15, 0.2) is 0 Å². The summed E-state index contributed by atoms with van der Waals surface area (Å²) in [6.07, 6.45) is 3.67. The smallest absolute Gasteiger partial charge is 0.0830 e. The molecule has 0 unspecified atom stereocenters. The zero-order valence-electron chi connectivity index (χ0n) is 26.1. The van der Waals surface area contributed by atoms with Gasteiger partial charge in [-0.15, -0.1) is 0 Å². The molecule has 9 rings (SSSR count). The van der Waals surface area contributed by atoms with Crippen LogP contribution in [0.2, 0.25) is 5.02 Å². The fourth-order valence-electron chi connectivity index (χ4n) is 7.66. The van der Waals surface area contributed by atoms with E-state index >= 15 is 0 Å². The molecule has 48 heavy (non-hydrogen) atoms. The van der Waals surface area contributed by atoms with Gasteiger partial charge in [0.1, 0.15) is 0 Å². The molecule has 8 aromatic rings. The van der Waals surface area contributed by atoms with E-state index in [2.05, 4.69) is 149 Å². The van der Waals surface area contributed by atoms with Crippen molar-refractivity contribution in [3.8, 4) is 55.6 Å². The van der Waals surface area contributed by atoms with E-state index in [1.165, 1.54) is 76.8 Å². The third-order valence-corrected chi connectivity index (χ3v) is 10.8. The molecular formula is C45H28BrClO. The Labute approximate surface area is 292 Å². The summed E-state index contributed by atoms with van der Waals surface area (Å²) in [5.74, 6) is 0. The highest BCUT2D eigenvalue weighted by Gasteiger charge is 2.31. The first-order chi connectivity index (χ1) is 23.6. The van der Waals surface area contributed by atoms with Gasteiger partial charge in [0.2, 0.25) is 0 Å². The van der Waals surface area contributed by atoms with Crippen molar-refractivity contribution >= 4 is 65.9 Å². The maximum absolute atomic E-state index is 6.61. The fraction of sp³-hybridized carbons (Fsp3) is 0.0222. The van der Waals surface area contributed by atoms with Crippen LogP contribution in [0.15, 0.2) is 150 Å². The number of hydrogen-bond acceptors (Lipinski definition) is 1. The lowest BCUT2D eigenvalue weighted by molar-refractivity contribution is 0.341. The Bertz CT molecular complexity index is 2600. The number of hydrogen-bond donors (Lipinski definition) is 0. The molecule has 0 saturated carbocycles. The molecule has 0 amide bonds. The van der Waals surface area contributed by atoms with Gasteiger partial charge in [-0.1, -0.05) is 127 Å². The molecule has 0 aliphatic heterocycles. The van der Waals surface area contributed by atoms with Gasteiger partial charge in [0, 0.05) is 4.47 Å². The lowest BCUT2D eigenvalue weighted by Gasteiger charge is -2.21. The Morgan fingerprint density at radius 3 is 1.94 bits per heavy atom. The van der Waals surface area contributed by atoms with Crippen molar-refractivity contribution in [2.24, 2.45) is 0 Å². The van der Waals surface area contributed by atoms with E-state index in [-0.39, 0.29) is 0 Å². The van der Waals surface area contributed by atoms with Gasteiger partial charge >= 0.3 is 0 Å². The van der Waals surface area contributed by atoms with Gasteiger partial charge in [-0.05, 0) is 140 Å². The molecule has 0 aromatic heterocycles. The lowest BCUT2D eigenvalue weighted by atomic mass is 9.81. The zero-order chi connectivity index (χ0) is 32.4. The second-order valence-electron chi connectivity index (χ2n) is 12.3. The van der Waals surface area contributed by atoms with Crippen LogP contribution < -0.4 is 0 Å². The zero-order valence-corrected chi connectivity index (χ0v) is 28.4. The average molecular weight is 700 g/mol. The summed E-state index contributed by atoms with van der Waals surface area (Å²) in [5.41, 5.74) is 13.2. The molecule has 8 aromatic carbocycles. The summed E-state index contributed by atoms with van der Waals surface area (Å²) < 4.78 is 6.17. The molecule has 1 nitrogen and oxygen atoms in total. The largest absolute Gasteiger partial charge is 0.504 e. The molecule has 3 heteroatoms. The minimum absolute atomic E-state index is 0.655. The molecule has 0 fully saturated rings. The summed E-state index contributed by atoms with van der Waals surface area (Å²) in [4.78, 5) is 0. The van der Waals surface area contributed by atoms with Crippen LogP contribution in [0.4, 0.5) is 0 Å². The van der Waals surface area contributed by atoms with Crippen LogP contribution in [0.3, 0.4) is 0 Å². The highest BCUT2D eigenvalue weighted by molar-refractivity contribution is 9.10. The molecule has 0 bridgehead atoms. The first-order valence-corrected chi connectivity index (χ1v) is 17.2. The Balaban J connectivity index is 1.48. The van der Waals surface area contributed by atoms with E-state index < -0.39 is 0 Å². The van der Waals surface area contributed by atoms with Crippen molar-refractivity contribution in [3.05, 3.63) is 161 Å². The van der Waals surface area contributed by atoms with Crippen LogP contribution in [0, 0.1) is 0 Å². The maximum atomic E-state index is 6.61. The standard InChI is InChI=1S/C45H28BrClO/c1-48-22-21-31-25-40(47)39(46)26-36(31)30-19-20-34-37(23-30)42(28-13-6-3-7-14-28)45-38-24-29-15-8-9-16-32(29)33-17-10-18-35(43(33)38)44(45)41(34)27-11-4-2-5-12-27/h2-26H,1H3/b22-21-. The molecule has 0 spiro atoms. The molecule has 0 saturated heterocycles. The van der Waals surface area contributed by atoms with Gasteiger partial charge in [-0.25, -0.2) is 0 Å². The van der Waals surface area contributed by atoms with E-state index in [0.29, 0.717) is 5.02 Å². The number of methoxy groups -OCH3 is 1. The van der Waals surface area contributed by atoms with Crippen molar-refractivity contribution in [2.75, 3.05) is 7.11 Å². The molecule has 228 valence electrons. The second kappa shape index (κ2) is 11.5. The summed E-state index contributed by atoms with van der Waals surface area (Å²) in [7, 11) is 1.66. The van der Waals surface area contributed by atoms with Crippen molar-refractivity contribution < 1.29 is 4.74 Å². The SMILES string of the molecule is CO/C=C\c1cc(Cl)c(Br)cc1-c1ccc2c(-c3ccccc3)c3c(c(-c4ccccc4)c2c1)-c1cc2ccccc2c2cccc-3c12. The van der Waals surface area contributed by atoms with Gasteiger partial charge in [0.25, 0.3) is 0 Å². The van der Waals surface area contributed by atoms with Crippen molar-refractivity contribution in [1.82, 2.24) is 0 Å². The van der Waals surface area contributed by atoms with E-state index in [9.17, 15) is 0 Å². The highest BCUT2D eigenvalue weighted by atomic mass is 79.9. The molecule has 1 aliphatic rings. The summed E-state index contributed by atoms with van der Waals surface area (Å²) >= 11 is 10.3. The first kappa shape index (κ1) is 29.0. The normalized spacial score (nSPS) is 12.0. The minimum atomic E-state index is 0.655. The predicted octanol–water partition coefficient (Wildman–Crippen LogP) is 13.8. The van der Waals surface area contributed by atoms with Crippen LogP contribution >= 0.6 is 27.5 Å². The van der Waals surface area contributed by atoms with Gasteiger partial charge in [-0.2, -0.15) is 0 Å². The third kappa shape index (κ3) is 4.44. The van der Waals surface area contributed by atoms with Gasteiger partial charge < -0.3 is 4.74 Å². The van der Waals surface area contributed by atoms with Gasteiger partial charge in [-0.3, -0.25) is 0 Å². The van der Waals surface area contributed by atoms with Crippen molar-refractivity contribution in [1.29, 1.82) is 0 Å². The average Bonchev–Trinajstić information content (AvgIpc) is 3.45. The van der Waals surface area contributed by atoms with E-state index in [1.807, 2.05) is 12.1 Å². The van der Waals surface area contributed by atoms with Crippen LogP contribution in [-0.2, 0) is 4.74 Å². The number of halogens is 2. The highest BCUT2D eigenvalue weighted by Crippen LogP contribution is 2.58. The van der Waals surface area contributed by atoms with Crippen LogP contribution in [0.1, 0.15) is 5.56 Å². The Morgan fingerprint density at radius 1 is 0.521 bits per heavy atom. The number of benzene rings is 8. The van der Waals surface area contributed by atoms with Crippen LogP contribution in [0.5, 0.6) is 0 Å². The Kier molecular flexibility index (Phi) is 6.97. The summed E-state index contributed by atoms with van der Waals surface area (Å²) in [6, 6.07) is 50.8. The number of fused-ring (bicyclic) bond motifs is 6. The third-order valence-electron chi connectivity index (χ3n) is 9.64.